The van der Waals surface area contributed by atoms with E-state index in [4.69, 9.17) is 4.74 Å². The second-order valence-corrected chi connectivity index (χ2v) is 5.08. The van der Waals surface area contributed by atoms with Gasteiger partial charge in [-0.05, 0) is 31.9 Å². The first kappa shape index (κ1) is 13.6. The number of ether oxygens (including phenoxy) is 1. The standard InChI is InChI=1S/C15H20N2O2/c1-10-6-7-11(2)12(8-10)15(3,18)14-13(19-5)9-16-17(14)4/h6-9,18H,1-5H3. The monoisotopic (exact) mass is 260 g/mol. The summed E-state index contributed by atoms with van der Waals surface area (Å²) in [5, 5.41) is 15.2. The third-order valence-corrected chi connectivity index (χ3v) is 3.50. The molecule has 1 unspecified atom stereocenters. The van der Waals surface area contributed by atoms with Crippen LogP contribution in [0.1, 0.15) is 29.3 Å². The van der Waals surface area contributed by atoms with Crippen LogP contribution in [0.2, 0.25) is 0 Å². The molecule has 0 saturated heterocycles. The molecule has 0 radical (unpaired) electrons. The van der Waals surface area contributed by atoms with E-state index in [1.165, 1.54) is 0 Å². The van der Waals surface area contributed by atoms with Gasteiger partial charge in [0.25, 0.3) is 0 Å². The summed E-state index contributed by atoms with van der Waals surface area (Å²) >= 11 is 0. The predicted molar refractivity (Wildman–Crippen MR) is 74.3 cm³/mol. The van der Waals surface area contributed by atoms with E-state index in [1.54, 1.807) is 32.0 Å². The first-order chi connectivity index (χ1) is 8.87. The average Bonchev–Trinajstić information content (AvgIpc) is 2.74. The molecule has 0 amide bonds. The smallest absolute Gasteiger partial charge is 0.163 e. The summed E-state index contributed by atoms with van der Waals surface area (Å²) in [5.41, 5.74) is 2.53. The summed E-state index contributed by atoms with van der Waals surface area (Å²) in [5.74, 6) is 0.591. The van der Waals surface area contributed by atoms with Gasteiger partial charge in [-0.1, -0.05) is 23.8 Å². The highest BCUT2D eigenvalue weighted by Gasteiger charge is 2.34. The molecule has 0 aliphatic rings. The number of rotatable bonds is 3. The van der Waals surface area contributed by atoms with Crippen molar-refractivity contribution in [2.45, 2.75) is 26.4 Å². The zero-order valence-electron chi connectivity index (χ0n) is 12.1. The van der Waals surface area contributed by atoms with Gasteiger partial charge < -0.3 is 9.84 Å². The molecule has 0 aliphatic heterocycles. The van der Waals surface area contributed by atoms with Crippen LogP contribution in [0.15, 0.2) is 24.4 Å². The fourth-order valence-electron chi connectivity index (χ4n) is 2.51. The molecule has 0 bridgehead atoms. The molecule has 0 fully saturated rings. The molecule has 1 aromatic heterocycles. The van der Waals surface area contributed by atoms with Gasteiger partial charge in [0.05, 0.1) is 13.3 Å². The van der Waals surface area contributed by atoms with Crippen molar-refractivity contribution in [1.29, 1.82) is 0 Å². The Hall–Kier alpha value is -1.81. The first-order valence-corrected chi connectivity index (χ1v) is 6.24. The highest BCUT2D eigenvalue weighted by atomic mass is 16.5. The number of hydrogen-bond donors (Lipinski definition) is 1. The maximum absolute atomic E-state index is 11.0. The molecule has 1 aromatic carbocycles. The van der Waals surface area contributed by atoms with Gasteiger partial charge in [-0.15, -0.1) is 0 Å². The van der Waals surface area contributed by atoms with Crippen LogP contribution in [0.4, 0.5) is 0 Å². The Bertz CT molecular complexity index is 600. The SMILES string of the molecule is COc1cnn(C)c1C(C)(O)c1cc(C)ccc1C. The molecule has 1 atom stereocenters. The molecule has 0 saturated carbocycles. The number of nitrogens with zero attached hydrogens (tertiary/aromatic N) is 2. The summed E-state index contributed by atoms with van der Waals surface area (Å²) in [6.45, 7) is 5.78. The van der Waals surface area contributed by atoms with Crippen molar-refractivity contribution in [3.63, 3.8) is 0 Å². The van der Waals surface area contributed by atoms with Crippen molar-refractivity contribution in [2.75, 3.05) is 7.11 Å². The molecule has 4 nitrogen and oxygen atoms in total. The molecule has 102 valence electrons. The van der Waals surface area contributed by atoms with Crippen molar-refractivity contribution in [3.05, 3.63) is 46.8 Å². The lowest BCUT2D eigenvalue weighted by Crippen LogP contribution is -2.27. The van der Waals surface area contributed by atoms with Gasteiger partial charge >= 0.3 is 0 Å². The summed E-state index contributed by atoms with van der Waals surface area (Å²) in [7, 11) is 3.39. The minimum Gasteiger partial charge on any atom is -0.493 e. The molecule has 1 heterocycles. The van der Waals surface area contributed by atoms with Crippen LogP contribution in [0.3, 0.4) is 0 Å². The van der Waals surface area contributed by atoms with E-state index >= 15 is 0 Å². The molecule has 0 spiro atoms. The van der Waals surface area contributed by atoms with Crippen molar-refractivity contribution in [1.82, 2.24) is 9.78 Å². The van der Waals surface area contributed by atoms with Gasteiger partial charge in [0.1, 0.15) is 11.3 Å². The maximum Gasteiger partial charge on any atom is 0.163 e. The van der Waals surface area contributed by atoms with Crippen LogP contribution in [0, 0.1) is 13.8 Å². The summed E-state index contributed by atoms with van der Waals surface area (Å²) in [6, 6.07) is 6.05. The number of aromatic nitrogens is 2. The van der Waals surface area contributed by atoms with Crippen molar-refractivity contribution >= 4 is 0 Å². The Balaban J connectivity index is 2.64. The lowest BCUT2D eigenvalue weighted by molar-refractivity contribution is 0.0890. The lowest BCUT2D eigenvalue weighted by Gasteiger charge is -2.27. The van der Waals surface area contributed by atoms with E-state index in [9.17, 15) is 5.11 Å². The average molecular weight is 260 g/mol. The first-order valence-electron chi connectivity index (χ1n) is 6.24. The Morgan fingerprint density at radius 1 is 1.32 bits per heavy atom. The lowest BCUT2D eigenvalue weighted by atomic mass is 9.87. The molecule has 1 N–H and O–H groups in total. The molecule has 4 heteroatoms. The third-order valence-electron chi connectivity index (χ3n) is 3.50. The van der Waals surface area contributed by atoms with Crippen LogP contribution in [0.25, 0.3) is 0 Å². The highest BCUT2D eigenvalue weighted by molar-refractivity contribution is 5.44. The van der Waals surface area contributed by atoms with Gasteiger partial charge in [-0.2, -0.15) is 5.10 Å². The largest absolute Gasteiger partial charge is 0.493 e. The molecule has 0 aliphatic carbocycles. The minimum atomic E-state index is -1.15. The van der Waals surface area contributed by atoms with Gasteiger partial charge in [0.2, 0.25) is 0 Å². The third kappa shape index (κ3) is 2.24. The zero-order valence-corrected chi connectivity index (χ0v) is 12.1. The Morgan fingerprint density at radius 3 is 2.63 bits per heavy atom. The van der Waals surface area contributed by atoms with Gasteiger partial charge in [-0.3, -0.25) is 4.68 Å². The highest BCUT2D eigenvalue weighted by Crippen LogP contribution is 2.36. The number of methoxy groups -OCH3 is 1. The van der Waals surface area contributed by atoms with Crippen molar-refractivity contribution in [3.8, 4) is 5.75 Å². The Morgan fingerprint density at radius 2 is 2.00 bits per heavy atom. The minimum absolute atomic E-state index is 0.591. The Kier molecular flexibility index (Phi) is 3.37. The fraction of sp³-hybridized carbons (Fsp3) is 0.400. The second kappa shape index (κ2) is 4.70. The summed E-state index contributed by atoms with van der Waals surface area (Å²) in [4.78, 5) is 0. The van der Waals surface area contributed by atoms with Crippen LogP contribution in [-0.2, 0) is 12.6 Å². The summed E-state index contributed by atoms with van der Waals surface area (Å²) in [6.07, 6.45) is 1.62. The van der Waals surface area contributed by atoms with Crippen LogP contribution in [0.5, 0.6) is 5.75 Å². The van der Waals surface area contributed by atoms with E-state index in [1.807, 2.05) is 32.0 Å². The molecular weight excluding hydrogens is 240 g/mol. The zero-order chi connectivity index (χ0) is 14.2. The van der Waals surface area contributed by atoms with E-state index in [0.29, 0.717) is 11.4 Å². The van der Waals surface area contributed by atoms with Crippen LogP contribution < -0.4 is 4.74 Å². The topological polar surface area (TPSA) is 47.3 Å². The van der Waals surface area contributed by atoms with Gasteiger partial charge in [0.15, 0.2) is 5.75 Å². The number of aliphatic hydroxyl groups is 1. The second-order valence-electron chi connectivity index (χ2n) is 5.08. The molecular formula is C15H20N2O2. The summed E-state index contributed by atoms with van der Waals surface area (Å²) < 4.78 is 6.95. The molecule has 19 heavy (non-hydrogen) atoms. The molecule has 2 rings (SSSR count). The van der Waals surface area contributed by atoms with Gasteiger partial charge in [0, 0.05) is 7.05 Å². The number of benzene rings is 1. The predicted octanol–water partition coefficient (Wildman–Crippen LogP) is 2.30. The van der Waals surface area contributed by atoms with Crippen molar-refractivity contribution in [2.24, 2.45) is 7.05 Å². The van der Waals surface area contributed by atoms with Crippen LogP contribution >= 0.6 is 0 Å². The fourth-order valence-corrected chi connectivity index (χ4v) is 2.51. The number of aryl methyl sites for hydroxylation is 3. The van der Waals surface area contributed by atoms with E-state index < -0.39 is 5.60 Å². The van der Waals surface area contributed by atoms with E-state index in [0.717, 1.165) is 16.7 Å². The normalized spacial score (nSPS) is 14.2. The number of hydrogen-bond acceptors (Lipinski definition) is 3. The quantitative estimate of drug-likeness (QED) is 0.921. The maximum atomic E-state index is 11.0. The van der Waals surface area contributed by atoms with E-state index in [2.05, 4.69) is 5.10 Å². The van der Waals surface area contributed by atoms with Gasteiger partial charge in [-0.25, -0.2) is 0 Å². The Labute approximate surface area is 113 Å². The molecule has 2 aromatic rings. The van der Waals surface area contributed by atoms with E-state index in [-0.39, 0.29) is 0 Å². The van der Waals surface area contributed by atoms with Crippen LogP contribution in [-0.4, -0.2) is 22.0 Å². The van der Waals surface area contributed by atoms with Crippen molar-refractivity contribution < 1.29 is 9.84 Å².